The molecule has 0 amide bonds. The van der Waals surface area contributed by atoms with Crippen molar-refractivity contribution in [1.29, 1.82) is 0 Å². The highest BCUT2D eigenvalue weighted by Gasteiger charge is 2.37. The van der Waals surface area contributed by atoms with Crippen LogP contribution in [0.5, 0.6) is 0 Å². The van der Waals surface area contributed by atoms with E-state index in [1.807, 2.05) is 0 Å². The third-order valence-electron chi connectivity index (χ3n) is 3.11. The van der Waals surface area contributed by atoms with Crippen molar-refractivity contribution in [3.8, 4) is 0 Å². The summed E-state index contributed by atoms with van der Waals surface area (Å²) in [6, 6.07) is 0.627. The molecule has 0 aromatic heterocycles. The monoisotopic (exact) mass is 314 g/mol. The van der Waals surface area contributed by atoms with Crippen LogP contribution in [-0.4, -0.2) is 75.2 Å². The summed E-state index contributed by atoms with van der Waals surface area (Å²) < 4.78 is 39.0. The Morgan fingerprint density at radius 2 is 1.68 bits per heavy atom. The van der Waals surface area contributed by atoms with Gasteiger partial charge in [0.05, 0.1) is 0 Å². The van der Waals surface area contributed by atoms with Gasteiger partial charge in [-0.15, -0.1) is 0 Å². The van der Waals surface area contributed by atoms with E-state index in [2.05, 4.69) is 0 Å². The van der Waals surface area contributed by atoms with Gasteiger partial charge in [0.25, 0.3) is 0 Å². The molecule has 2 N–H and O–H groups in total. The van der Waals surface area contributed by atoms with Crippen molar-refractivity contribution < 1.29 is 21.7 Å². The first kappa shape index (κ1) is 19.0. The molecular weight excluding hydrogens is 288 g/mol. The molecule has 0 saturated heterocycles. The van der Waals surface area contributed by atoms with Crippen molar-refractivity contribution in [1.82, 2.24) is 4.90 Å². The highest BCUT2D eigenvalue weighted by atomic mass is 32.2. The summed E-state index contributed by atoms with van der Waals surface area (Å²) in [7, 11) is 0.657. The van der Waals surface area contributed by atoms with Gasteiger partial charge in [0, 0.05) is 40.2 Å². The average molecular weight is 314 g/mol. The number of likely N-dealkylation sites (N-methyl/N-ethyl adjacent to an activating group) is 1. The Morgan fingerprint density at radius 3 is 2.00 bits per heavy atom. The van der Waals surface area contributed by atoms with Crippen molar-refractivity contribution in [3.05, 3.63) is 0 Å². The zero-order valence-electron chi connectivity index (χ0n) is 12.4. The molecule has 0 saturated carbocycles. The van der Waals surface area contributed by atoms with Gasteiger partial charge in [-0.2, -0.15) is 0 Å². The van der Waals surface area contributed by atoms with Crippen LogP contribution in [0.25, 0.3) is 0 Å². The lowest BCUT2D eigenvalue weighted by molar-refractivity contribution is 0.121. The van der Waals surface area contributed by atoms with Crippen molar-refractivity contribution in [3.63, 3.8) is 0 Å². The predicted octanol–water partition coefficient (Wildman–Crippen LogP) is -0.484. The Kier molecular flexibility index (Phi) is 8.28. The Balaban J connectivity index is 4.41. The minimum absolute atomic E-state index is 0.0801. The smallest absolute Gasteiger partial charge is 0.377 e. The van der Waals surface area contributed by atoms with Crippen LogP contribution in [0.2, 0.25) is 6.04 Å². The Hall–Kier alpha value is -0.0331. The van der Waals surface area contributed by atoms with Crippen molar-refractivity contribution in [2.75, 3.05) is 47.7 Å². The van der Waals surface area contributed by atoms with Gasteiger partial charge in [-0.05, 0) is 20.0 Å². The molecule has 0 spiro atoms. The molecule has 0 rings (SSSR count). The van der Waals surface area contributed by atoms with Crippen LogP contribution < -0.4 is 5.73 Å². The second-order valence-corrected chi connectivity index (χ2v) is 9.69. The van der Waals surface area contributed by atoms with E-state index in [1.54, 1.807) is 33.3 Å². The first-order valence-electron chi connectivity index (χ1n) is 6.01. The zero-order chi connectivity index (χ0) is 15.1. The first-order chi connectivity index (χ1) is 8.76. The highest BCUT2D eigenvalue weighted by molar-refractivity contribution is 7.91. The fraction of sp³-hybridized carbons (Fsp3) is 1.00. The zero-order valence-corrected chi connectivity index (χ0v) is 14.2. The van der Waals surface area contributed by atoms with E-state index in [9.17, 15) is 8.42 Å². The van der Waals surface area contributed by atoms with E-state index in [-0.39, 0.29) is 6.54 Å². The van der Waals surface area contributed by atoms with Crippen LogP contribution in [0, 0.1) is 0 Å². The molecule has 0 aromatic rings. The molecule has 0 radical (unpaired) electrons. The van der Waals surface area contributed by atoms with Gasteiger partial charge >= 0.3 is 8.80 Å². The summed E-state index contributed by atoms with van der Waals surface area (Å²) in [4.78, 5) is 1.73. The van der Waals surface area contributed by atoms with Crippen LogP contribution in [-0.2, 0) is 23.1 Å². The van der Waals surface area contributed by atoms with Gasteiger partial charge in [0.2, 0.25) is 0 Å². The van der Waals surface area contributed by atoms with Gasteiger partial charge in [0.1, 0.15) is 5.37 Å². The number of nitrogens with two attached hydrogens (primary N) is 1. The third-order valence-corrected chi connectivity index (χ3v) is 7.49. The number of hydrogen-bond acceptors (Lipinski definition) is 7. The summed E-state index contributed by atoms with van der Waals surface area (Å²) >= 11 is 0. The average Bonchev–Trinajstić information content (AvgIpc) is 2.34. The maximum Gasteiger partial charge on any atom is 0.500 e. The summed E-state index contributed by atoms with van der Waals surface area (Å²) in [5.41, 5.74) is 5.51. The third kappa shape index (κ3) is 5.86. The molecule has 1 atom stereocenters. The summed E-state index contributed by atoms with van der Waals surface area (Å²) in [6.45, 7) is 0.663. The second-order valence-electron chi connectivity index (χ2n) is 4.40. The van der Waals surface area contributed by atoms with Crippen molar-refractivity contribution >= 4 is 18.6 Å². The highest BCUT2D eigenvalue weighted by Crippen LogP contribution is 2.16. The quantitative estimate of drug-likeness (QED) is 0.544. The Bertz CT molecular complexity index is 340. The van der Waals surface area contributed by atoms with Crippen LogP contribution in [0.1, 0.15) is 6.42 Å². The second kappa shape index (κ2) is 8.30. The van der Waals surface area contributed by atoms with E-state index >= 15 is 0 Å². The molecule has 19 heavy (non-hydrogen) atoms. The molecule has 0 heterocycles. The molecule has 0 aliphatic heterocycles. The maximum atomic E-state index is 11.5. The minimum atomic E-state index is -3.18. The van der Waals surface area contributed by atoms with E-state index in [0.29, 0.717) is 19.0 Å². The van der Waals surface area contributed by atoms with Crippen molar-refractivity contribution in [2.24, 2.45) is 5.73 Å². The van der Waals surface area contributed by atoms with Crippen LogP contribution >= 0.6 is 0 Å². The van der Waals surface area contributed by atoms with Gasteiger partial charge in [-0.3, -0.25) is 4.90 Å². The van der Waals surface area contributed by atoms with Crippen molar-refractivity contribution in [2.45, 2.75) is 17.8 Å². The molecule has 0 aromatic carbocycles. The van der Waals surface area contributed by atoms with E-state index in [4.69, 9.17) is 19.0 Å². The van der Waals surface area contributed by atoms with Gasteiger partial charge in [-0.1, -0.05) is 0 Å². The van der Waals surface area contributed by atoms with Crippen LogP contribution in [0.15, 0.2) is 0 Å². The number of hydrogen-bond donors (Lipinski definition) is 1. The molecule has 0 aliphatic carbocycles. The minimum Gasteiger partial charge on any atom is -0.377 e. The van der Waals surface area contributed by atoms with E-state index in [0.717, 1.165) is 0 Å². The molecule has 0 fully saturated rings. The molecule has 0 bridgehead atoms. The van der Waals surface area contributed by atoms with E-state index < -0.39 is 24.0 Å². The molecule has 116 valence electrons. The fourth-order valence-electron chi connectivity index (χ4n) is 1.93. The molecule has 9 heteroatoms. The number of sulfone groups is 1. The first-order valence-corrected chi connectivity index (χ1v) is 9.89. The standard InChI is InChI=1S/C10H26N2O5SSi/c1-12(10(9-11)18(5,13)14)7-6-8-19(15-2,16-3)17-4/h10H,6-9,11H2,1-5H3. The Labute approximate surface area is 117 Å². The lowest BCUT2D eigenvalue weighted by atomic mass is 10.4. The molecule has 7 nitrogen and oxygen atoms in total. The number of nitrogens with zero attached hydrogens (tertiary/aromatic N) is 1. The van der Waals surface area contributed by atoms with Gasteiger partial charge in [0.15, 0.2) is 9.84 Å². The molecular formula is C10H26N2O5SSi. The lowest BCUT2D eigenvalue weighted by Crippen LogP contribution is -2.46. The number of rotatable bonds is 10. The topological polar surface area (TPSA) is 91.1 Å². The normalized spacial score (nSPS) is 14.9. The predicted molar refractivity (Wildman–Crippen MR) is 76.5 cm³/mol. The molecule has 1 unspecified atom stereocenters. The van der Waals surface area contributed by atoms with Gasteiger partial charge in [-0.25, -0.2) is 8.42 Å². The SMILES string of the molecule is CO[Si](CCCN(C)C(CN)S(C)(=O)=O)(OC)OC. The summed E-state index contributed by atoms with van der Waals surface area (Å²) in [6.07, 6.45) is 1.91. The molecule has 0 aliphatic rings. The van der Waals surface area contributed by atoms with Crippen LogP contribution in [0.3, 0.4) is 0 Å². The van der Waals surface area contributed by atoms with Crippen LogP contribution in [0.4, 0.5) is 0 Å². The Morgan fingerprint density at radius 1 is 1.21 bits per heavy atom. The van der Waals surface area contributed by atoms with Gasteiger partial charge < -0.3 is 19.0 Å². The fourth-order valence-corrected chi connectivity index (χ4v) is 4.74. The lowest BCUT2D eigenvalue weighted by Gasteiger charge is -2.28. The largest absolute Gasteiger partial charge is 0.500 e. The maximum absolute atomic E-state index is 11.5. The summed E-state index contributed by atoms with van der Waals surface area (Å²) in [5.74, 6) is 0. The summed E-state index contributed by atoms with van der Waals surface area (Å²) in [5, 5.41) is -0.656. The van der Waals surface area contributed by atoms with E-state index in [1.165, 1.54) is 6.26 Å².